The second kappa shape index (κ2) is 12.9. The average molecular weight is 528 g/mol. The molecule has 2 atom stereocenters. The highest BCUT2D eigenvalue weighted by Gasteiger charge is 2.39. The highest BCUT2D eigenvalue weighted by atomic mass is 19.1. The Morgan fingerprint density at radius 1 is 1.26 bits per heavy atom. The van der Waals surface area contributed by atoms with Crippen LogP contribution in [-0.2, 0) is 32.2 Å². The predicted molar refractivity (Wildman–Crippen MR) is 135 cm³/mol. The molecule has 12 heteroatoms. The Hall–Kier alpha value is -4.08. The summed E-state index contributed by atoms with van der Waals surface area (Å²) in [6, 6.07) is 6.52. The third-order valence-electron chi connectivity index (χ3n) is 6.01. The van der Waals surface area contributed by atoms with Gasteiger partial charge in [0.05, 0.1) is 18.4 Å². The van der Waals surface area contributed by atoms with Crippen molar-refractivity contribution in [1.29, 1.82) is 0 Å². The van der Waals surface area contributed by atoms with Crippen molar-refractivity contribution in [3.63, 3.8) is 0 Å². The van der Waals surface area contributed by atoms with Gasteiger partial charge in [-0.2, -0.15) is 14.4 Å². The Kier molecular flexibility index (Phi) is 9.70. The number of carbonyl (C=O) groups excluding carboxylic acids is 2. The number of methoxy groups -OCH3 is 1. The van der Waals surface area contributed by atoms with Crippen molar-refractivity contribution in [3.8, 4) is 12.3 Å². The molecule has 0 aliphatic carbocycles. The van der Waals surface area contributed by atoms with E-state index in [1.54, 1.807) is 18.2 Å². The maximum Gasteiger partial charge on any atom is 0.338 e. The first-order chi connectivity index (χ1) is 18.2. The third kappa shape index (κ3) is 6.62. The standard InChI is InChI=1S/C26H30FN5O6/c1-4-6-7-12-20(34)37-14-17-10-8-9-11-18(17)24(35)38-15-26(5-2,36-3)19(33)13-32-16-29-21-22(28)30-25(27)31-23(21)32/h2,8-11,16,19,33H,4,6-7,12-15H2,1,3H3,(H2,28,30,31)/t19-,26?/m0/s1. The number of carbonyl (C=O) groups is 2. The average Bonchev–Trinajstić information content (AvgIpc) is 3.31. The van der Waals surface area contributed by atoms with E-state index in [2.05, 4.69) is 20.9 Å². The molecule has 38 heavy (non-hydrogen) atoms. The molecule has 1 aromatic carbocycles. The highest BCUT2D eigenvalue weighted by Crippen LogP contribution is 2.22. The SMILES string of the molecule is C#CC(COC(=O)c1ccccc1COC(=O)CCCCC)(OC)[C@@H](O)Cn1cnc2c(N)nc(F)nc21. The molecule has 0 bridgehead atoms. The molecule has 3 N–H and O–H groups in total. The van der Waals surface area contributed by atoms with E-state index in [1.807, 2.05) is 6.92 Å². The number of imidazole rings is 1. The minimum absolute atomic E-state index is 0.0474. The topological polar surface area (TPSA) is 152 Å². The fourth-order valence-electron chi connectivity index (χ4n) is 3.74. The van der Waals surface area contributed by atoms with E-state index in [0.717, 1.165) is 19.3 Å². The van der Waals surface area contributed by atoms with E-state index >= 15 is 0 Å². The van der Waals surface area contributed by atoms with Crippen LogP contribution in [0, 0.1) is 18.4 Å². The lowest BCUT2D eigenvalue weighted by Crippen LogP contribution is -2.49. The molecule has 2 aromatic heterocycles. The molecule has 0 fully saturated rings. The normalized spacial score (nSPS) is 13.4. The van der Waals surface area contributed by atoms with Crippen LogP contribution in [0.25, 0.3) is 11.2 Å². The van der Waals surface area contributed by atoms with Crippen molar-refractivity contribution >= 4 is 28.9 Å². The van der Waals surface area contributed by atoms with Crippen LogP contribution < -0.4 is 5.73 Å². The lowest BCUT2D eigenvalue weighted by Gasteiger charge is -2.31. The molecule has 0 spiro atoms. The number of anilines is 1. The Labute approximate surface area is 219 Å². The monoisotopic (exact) mass is 527 g/mol. The molecule has 0 radical (unpaired) electrons. The third-order valence-corrected chi connectivity index (χ3v) is 6.01. The number of aliphatic hydroxyl groups is 1. The van der Waals surface area contributed by atoms with Gasteiger partial charge in [0.15, 0.2) is 17.1 Å². The van der Waals surface area contributed by atoms with Crippen LogP contribution in [0.5, 0.6) is 0 Å². The summed E-state index contributed by atoms with van der Waals surface area (Å²) in [5.41, 5.74) is 4.75. The molecular formula is C26H30FN5O6. The molecule has 0 saturated carbocycles. The second-order valence-corrected chi connectivity index (χ2v) is 8.55. The number of nitrogen functional groups attached to an aromatic ring is 1. The van der Waals surface area contributed by atoms with Crippen molar-refractivity contribution in [2.75, 3.05) is 19.5 Å². The fourth-order valence-corrected chi connectivity index (χ4v) is 3.74. The number of aliphatic hydroxyl groups excluding tert-OH is 1. The van der Waals surface area contributed by atoms with Crippen molar-refractivity contribution in [2.24, 2.45) is 0 Å². The number of nitrogens with zero attached hydrogens (tertiary/aromatic N) is 4. The zero-order chi connectivity index (χ0) is 27.7. The van der Waals surface area contributed by atoms with Gasteiger partial charge in [0.1, 0.15) is 24.8 Å². The van der Waals surface area contributed by atoms with Crippen LogP contribution in [0.3, 0.4) is 0 Å². The number of rotatable bonds is 13. The van der Waals surface area contributed by atoms with Crippen LogP contribution >= 0.6 is 0 Å². The summed E-state index contributed by atoms with van der Waals surface area (Å²) in [6.45, 7) is 1.20. The Morgan fingerprint density at radius 3 is 2.74 bits per heavy atom. The first-order valence-electron chi connectivity index (χ1n) is 12.0. The van der Waals surface area contributed by atoms with Gasteiger partial charge >= 0.3 is 18.0 Å². The molecule has 0 amide bonds. The van der Waals surface area contributed by atoms with E-state index in [4.69, 9.17) is 26.4 Å². The lowest BCUT2D eigenvalue weighted by molar-refractivity contribution is -0.145. The fraction of sp³-hybridized carbons (Fsp3) is 0.423. The number of aromatic nitrogens is 4. The molecule has 0 saturated heterocycles. The van der Waals surface area contributed by atoms with E-state index < -0.39 is 30.4 Å². The van der Waals surface area contributed by atoms with Gasteiger partial charge < -0.3 is 29.6 Å². The lowest BCUT2D eigenvalue weighted by atomic mass is 9.98. The summed E-state index contributed by atoms with van der Waals surface area (Å²) < 4.78 is 31.2. The number of hydrogen-bond donors (Lipinski definition) is 2. The quantitative estimate of drug-likeness (QED) is 0.147. The van der Waals surface area contributed by atoms with Crippen molar-refractivity contribution < 1.29 is 33.3 Å². The number of halogens is 1. The van der Waals surface area contributed by atoms with Crippen LogP contribution in [0.2, 0.25) is 0 Å². The minimum Gasteiger partial charge on any atom is -0.461 e. The molecule has 2 heterocycles. The summed E-state index contributed by atoms with van der Waals surface area (Å²) in [4.78, 5) is 36.1. The van der Waals surface area contributed by atoms with Crippen molar-refractivity contribution in [1.82, 2.24) is 19.5 Å². The summed E-state index contributed by atoms with van der Waals surface area (Å²) in [6.07, 6.45) is 7.43. The molecule has 11 nitrogen and oxygen atoms in total. The van der Waals surface area contributed by atoms with Crippen molar-refractivity contribution in [2.45, 2.75) is 57.5 Å². The van der Waals surface area contributed by atoms with Crippen LogP contribution in [0.15, 0.2) is 30.6 Å². The minimum atomic E-state index is -1.76. The summed E-state index contributed by atoms with van der Waals surface area (Å²) in [5, 5.41) is 11.0. The smallest absolute Gasteiger partial charge is 0.338 e. The van der Waals surface area contributed by atoms with Gasteiger partial charge in [-0.25, -0.2) is 9.78 Å². The highest BCUT2D eigenvalue weighted by molar-refractivity contribution is 5.91. The van der Waals surface area contributed by atoms with Gasteiger partial charge in [-0.05, 0) is 12.5 Å². The Bertz CT molecular complexity index is 1320. The van der Waals surface area contributed by atoms with Gasteiger partial charge in [-0.1, -0.05) is 43.9 Å². The zero-order valence-corrected chi connectivity index (χ0v) is 21.2. The molecular weight excluding hydrogens is 497 g/mol. The van der Waals surface area contributed by atoms with Gasteiger partial charge in [0.2, 0.25) is 0 Å². The maximum atomic E-state index is 13.7. The molecule has 0 aliphatic heterocycles. The number of unbranched alkanes of at least 4 members (excludes halogenated alkanes) is 2. The van der Waals surface area contributed by atoms with Crippen molar-refractivity contribution in [3.05, 3.63) is 47.8 Å². The van der Waals surface area contributed by atoms with E-state index in [-0.39, 0.29) is 41.7 Å². The molecule has 3 aromatic rings. The number of hydrogen-bond acceptors (Lipinski definition) is 10. The number of terminal acetylenes is 1. The number of ether oxygens (including phenoxy) is 3. The summed E-state index contributed by atoms with van der Waals surface area (Å²) in [5.74, 6) is 1.09. The largest absolute Gasteiger partial charge is 0.461 e. The predicted octanol–water partition coefficient (Wildman–Crippen LogP) is 2.41. The second-order valence-electron chi connectivity index (χ2n) is 8.55. The van der Waals surface area contributed by atoms with Crippen LogP contribution in [-0.4, -0.2) is 62.0 Å². The molecule has 1 unspecified atom stereocenters. The van der Waals surface area contributed by atoms with E-state index in [1.165, 1.54) is 24.1 Å². The summed E-state index contributed by atoms with van der Waals surface area (Å²) in [7, 11) is 1.26. The first-order valence-corrected chi connectivity index (χ1v) is 12.0. The maximum absolute atomic E-state index is 13.7. The van der Waals surface area contributed by atoms with E-state index in [0.29, 0.717) is 12.0 Å². The Morgan fingerprint density at radius 2 is 2.03 bits per heavy atom. The van der Waals surface area contributed by atoms with Gasteiger partial charge in [0, 0.05) is 19.1 Å². The van der Waals surface area contributed by atoms with Crippen LogP contribution in [0.4, 0.5) is 10.2 Å². The van der Waals surface area contributed by atoms with Crippen LogP contribution in [0.1, 0.15) is 48.5 Å². The van der Waals surface area contributed by atoms with Gasteiger partial charge in [0.25, 0.3) is 0 Å². The summed E-state index contributed by atoms with van der Waals surface area (Å²) >= 11 is 0. The first kappa shape index (κ1) is 28.5. The van der Waals surface area contributed by atoms with Gasteiger partial charge in [-0.3, -0.25) is 4.79 Å². The number of fused-ring (bicyclic) bond motifs is 1. The molecule has 0 aliphatic rings. The number of esters is 2. The van der Waals surface area contributed by atoms with E-state index in [9.17, 15) is 19.1 Å². The zero-order valence-electron chi connectivity index (χ0n) is 21.2. The van der Waals surface area contributed by atoms with Gasteiger partial charge in [-0.15, -0.1) is 6.42 Å². The number of benzene rings is 1. The molecule has 202 valence electrons. The number of nitrogens with two attached hydrogens (primary N) is 1. The Balaban J connectivity index is 1.70. The molecule has 3 rings (SSSR count).